The number of halogens is 3. The van der Waals surface area contributed by atoms with E-state index in [0.717, 1.165) is 19.3 Å². The van der Waals surface area contributed by atoms with E-state index in [2.05, 4.69) is 20.8 Å². The number of rotatable bonds is 7. The lowest BCUT2D eigenvalue weighted by Gasteiger charge is -2.37. The molecule has 0 saturated heterocycles. The van der Waals surface area contributed by atoms with Crippen molar-refractivity contribution in [3.8, 4) is 0 Å². The Kier molecular flexibility index (Phi) is 7.51. The second-order valence-corrected chi connectivity index (χ2v) is 6.95. The van der Waals surface area contributed by atoms with Crippen LogP contribution in [0.4, 0.5) is 13.2 Å². The Balaban J connectivity index is 2.55. The molecule has 0 aliphatic heterocycles. The first-order valence-electron chi connectivity index (χ1n) is 8.20. The maximum Gasteiger partial charge on any atom is 0.391 e. The number of alkyl halides is 3. The Morgan fingerprint density at radius 3 is 2.42 bits per heavy atom. The van der Waals surface area contributed by atoms with E-state index in [-0.39, 0.29) is 6.10 Å². The number of carboxylic acid groups (broad SMARTS) is 1. The number of amides is 1. The molecule has 1 fully saturated rings. The summed E-state index contributed by atoms with van der Waals surface area (Å²) < 4.78 is 42.6. The van der Waals surface area contributed by atoms with Crippen LogP contribution in [-0.2, 0) is 14.3 Å². The average molecular weight is 353 g/mol. The normalized spacial score (nSPS) is 26.2. The van der Waals surface area contributed by atoms with E-state index < -0.39 is 37.1 Å². The van der Waals surface area contributed by atoms with Gasteiger partial charge in [-0.3, -0.25) is 4.79 Å². The molecule has 0 spiro atoms. The number of carbonyl (C=O) groups excluding carboxylic acids is 1. The van der Waals surface area contributed by atoms with Crippen molar-refractivity contribution < 1.29 is 32.6 Å². The lowest BCUT2D eigenvalue weighted by Crippen LogP contribution is -2.46. The first kappa shape index (κ1) is 20.7. The second kappa shape index (κ2) is 8.69. The molecule has 8 heteroatoms. The van der Waals surface area contributed by atoms with Crippen molar-refractivity contribution in [3.63, 3.8) is 0 Å². The maximum atomic E-state index is 12.3. The van der Waals surface area contributed by atoms with Gasteiger partial charge in [-0.15, -0.1) is 0 Å². The zero-order valence-corrected chi connectivity index (χ0v) is 14.2. The Bertz CT molecular complexity index is 440. The van der Waals surface area contributed by atoms with Crippen LogP contribution in [0, 0.1) is 17.8 Å². The number of nitrogens with one attached hydrogen (secondary N) is 1. The lowest BCUT2D eigenvalue weighted by molar-refractivity contribution is -0.160. The van der Waals surface area contributed by atoms with Crippen LogP contribution in [0.3, 0.4) is 0 Å². The van der Waals surface area contributed by atoms with Crippen LogP contribution in [0.2, 0.25) is 0 Å². The van der Waals surface area contributed by atoms with Crippen molar-refractivity contribution in [1.82, 2.24) is 5.32 Å². The summed E-state index contributed by atoms with van der Waals surface area (Å²) in [5.74, 6) is -1.42. The Morgan fingerprint density at radius 2 is 1.92 bits per heavy atom. The van der Waals surface area contributed by atoms with Gasteiger partial charge in [-0.2, -0.15) is 13.2 Å². The molecular formula is C16H26F3NO4. The number of ether oxygens (including phenoxy) is 1. The van der Waals surface area contributed by atoms with Crippen molar-refractivity contribution in [3.05, 3.63) is 0 Å². The summed E-state index contributed by atoms with van der Waals surface area (Å²) in [6.07, 6.45) is -3.55. The summed E-state index contributed by atoms with van der Waals surface area (Å²) in [7, 11) is 0. The average Bonchev–Trinajstić information content (AvgIpc) is 2.42. The van der Waals surface area contributed by atoms with E-state index in [1.165, 1.54) is 0 Å². The Morgan fingerprint density at radius 1 is 1.29 bits per heavy atom. The smallest absolute Gasteiger partial charge is 0.391 e. The SMILES string of the molecule is CC1CCC(C(C)C)C(OCC(=O)NC(CC(F)(F)F)C(=O)O)C1. The molecule has 140 valence electrons. The van der Waals surface area contributed by atoms with Crippen molar-refractivity contribution >= 4 is 11.9 Å². The molecule has 4 atom stereocenters. The van der Waals surface area contributed by atoms with Gasteiger partial charge in [-0.05, 0) is 30.6 Å². The Labute approximate surface area is 139 Å². The highest BCUT2D eigenvalue weighted by Gasteiger charge is 2.37. The zero-order valence-electron chi connectivity index (χ0n) is 14.2. The van der Waals surface area contributed by atoms with E-state index in [0.29, 0.717) is 17.8 Å². The minimum absolute atomic E-state index is 0.134. The van der Waals surface area contributed by atoms with Gasteiger partial charge >= 0.3 is 12.1 Å². The van der Waals surface area contributed by atoms with Gasteiger partial charge in [0.1, 0.15) is 12.6 Å². The predicted octanol–water partition coefficient (Wildman–Crippen LogP) is 2.99. The van der Waals surface area contributed by atoms with E-state index in [1.54, 1.807) is 0 Å². The number of aliphatic carboxylic acids is 1. The Hall–Kier alpha value is -1.31. The molecule has 1 aliphatic carbocycles. The fraction of sp³-hybridized carbons (Fsp3) is 0.875. The number of carbonyl (C=O) groups is 2. The van der Waals surface area contributed by atoms with Crippen LogP contribution in [-0.4, -0.2) is 41.9 Å². The number of hydrogen-bond acceptors (Lipinski definition) is 3. The van der Waals surface area contributed by atoms with E-state index in [9.17, 15) is 22.8 Å². The van der Waals surface area contributed by atoms with Crippen LogP contribution in [0.5, 0.6) is 0 Å². The van der Waals surface area contributed by atoms with Crippen LogP contribution in [0.1, 0.15) is 46.5 Å². The first-order chi connectivity index (χ1) is 11.0. The molecule has 0 aromatic rings. The van der Waals surface area contributed by atoms with Crippen LogP contribution in [0.25, 0.3) is 0 Å². The second-order valence-electron chi connectivity index (χ2n) is 6.95. The van der Waals surface area contributed by atoms with Crippen molar-refractivity contribution in [2.75, 3.05) is 6.61 Å². The summed E-state index contributed by atoms with van der Waals surface area (Å²) in [6.45, 7) is 5.81. The third-order valence-electron chi connectivity index (χ3n) is 4.46. The molecule has 2 N–H and O–H groups in total. The van der Waals surface area contributed by atoms with E-state index >= 15 is 0 Å². The van der Waals surface area contributed by atoms with Gasteiger partial charge in [-0.1, -0.05) is 27.2 Å². The predicted molar refractivity (Wildman–Crippen MR) is 81.3 cm³/mol. The first-order valence-corrected chi connectivity index (χ1v) is 8.20. The minimum Gasteiger partial charge on any atom is -0.480 e. The highest BCUT2D eigenvalue weighted by molar-refractivity contribution is 5.84. The van der Waals surface area contributed by atoms with Crippen molar-refractivity contribution in [2.45, 2.75) is 64.8 Å². The molecule has 4 unspecified atom stereocenters. The number of hydrogen-bond donors (Lipinski definition) is 2. The van der Waals surface area contributed by atoms with Crippen LogP contribution in [0.15, 0.2) is 0 Å². The third kappa shape index (κ3) is 7.07. The highest BCUT2D eigenvalue weighted by atomic mass is 19.4. The lowest BCUT2D eigenvalue weighted by atomic mass is 9.75. The molecule has 1 aliphatic rings. The standard InChI is InChI=1S/C16H26F3NO4/c1-9(2)11-5-4-10(3)6-13(11)24-8-14(21)20-12(15(22)23)7-16(17,18)19/h9-13H,4-8H2,1-3H3,(H,20,21)(H,22,23). The topological polar surface area (TPSA) is 75.6 Å². The van der Waals surface area contributed by atoms with Crippen molar-refractivity contribution in [1.29, 1.82) is 0 Å². The minimum atomic E-state index is -4.67. The fourth-order valence-electron chi connectivity index (χ4n) is 3.16. The van der Waals surface area contributed by atoms with Gasteiger partial charge in [0, 0.05) is 0 Å². The van der Waals surface area contributed by atoms with Gasteiger partial charge < -0.3 is 15.2 Å². The molecule has 0 aromatic carbocycles. The summed E-state index contributed by atoms with van der Waals surface area (Å²) in [4.78, 5) is 22.6. The molecule has 0 heterocycles. The van der Waals surface area contributed by atoms with E-state index in [4.69, 9.17) is 9.84 Å². The molecule has 1 saturated carbocycles. The van der Waals surface area contributed by atoms with Crippen LogP contribution >= 0.6 is 0 Å². The summed E-state index contributed by atoms with van der Waals surface area (Å²) >= 11 is 0. The molecule has 0 radical (unpaired) electrons. The van der Waals surface area contributed by atoms with Gasteiger partial charge in [0.15, 0.2) is 0 Å². The third-order valence-corrected chi connectivity index (χ3v) is 4.46. The fourth-order valence-corrected chi connectivity index (χ4v) is 3.16. The molecule has 1 rings (SSSR count). The molecule has 1 amide bonds. The van der Waals surface area contributed by atoms with Gasteiger partial charge in [0.2, 0.25) is 5.91 Å². The number of carboxylic acids is 1. The van der Waals surface area contributed by atoms with E-state index in [1.807, 2.05) is 5.32 Å². The summed E-state index contributed by atoms with van der Waals surface area (Å²) in [5, 5.41) is 10.7. The molecule has 0 aromatic heterocycles. The molecule has 24 heavy (non-hydrogen) atoms. The van der Waals surface area contributed by atoms with Crippen LogP contribution < -0.4 is 5.32 Å². The van der Waals surface area contributed by atoms with Gasteiger partial charge in [0.25, 0.3) is 0 Å². The highest BCUT2D eigenvalue weighted by Crippen LogP contribution is 2.35. The van der Waals surface area contributed by atoms with Crippen molar-refractivity contribution in [2.24, 2.45) is 17.8 Å². The zero-order chi connectivity index (χ0) is 18.5. The molecule has 0 bridgehead atoms. The molecular weight excluding hydrogens is 327 g/mol. The quantitative estimate of drug-likeness (QED) is 0.738. The summed E-state index contributed by atoms with van der Waals surface area (Å²) in [6, 6.07) is -1.99. The monoisotopic (exact) mass is 353 g/mol. The largest absolute Gasteiger partial charge is 0.480 e. The molecule has 5 nitrogen and oxygen atoms in total. The van der Waals surface area contributed by atoms with Gasteiger partial charge in [-0.25, -0.2) is 4.79 Å². The summed E-state index contributed by atoms with van der Waals surface area (Å²) in [5.41, 5.74) is 0. The maximum absolute atomic E-state index is 12.3. The van der Waals surface area contributed by atoms with Gasteiger partial charge in [0.05, 0.1) is 12.5 Å².